The zero-order chi connectivity index (χ0) is 13.7. The molecule has 0 radical (unpaired) electrons. The van der Waals surface area contributed by atoms with Gasteiger partial charge in [-0.15, -0.1) is 0 Å². The van der Waals surface area contributed by atoms with Crippen molar-refractivity contribution in [3.63, 3.8) is 0 Å². The van der Waals surface area contributed by atoms with Gasteiger partial charge in [0.25, 0.3) is 0 Å². The summed E-state index contributed by atoms with van der Waals surface area (Å²) in [4.78, 5) is 12.2. The van der Waals surface area contributed by atoms with Crippen LogP contribution in [0.25, 0.3) is 0 Å². The van der Waals surface area contributed by atoms with Gasteiger partial charge in [-0.25, -0.2) is 4.79 Å². The molecule has 0 aromatic rings. The van der Waals surface area contributed by atoms with Crippen molar-refractivity contribution >= 4 is 6.09 Å². The van der Waals surface area contributed by atoms with Crippen LogP contribution in [0.5, 0.6) is 0 Å². The smallest absolute Gasteiger partial charge is 0.407 e. The summed E-state index contributed by atoms with van der Waals surface area (Å²) in [5.41, 5.74) is 6.03. The topological polar surface area (TPSA) is 64.3 Å². The lowest BCUT2D eigenvalue weighted by Gasteiger charge is -2.56. The van der Waals surface area contributed by atoms with Crippen molar-refractivity contribution in [2.75, 3.05) is 0 Å². The van der Waals surface area contributed by atoms with E-state index in [9.17, 15) is 4.79 Å². The summed E-state index contributed by atoms with van der Waals surface area (Å²) in [6.07, 6.45) is 10.4. The van der Waals surface area contributed by atoms with E-state index in [0.717, 1.165) is 37.0 Å². The van der Waals surface area contributed by atoms with Crippen LogP contribution in [-0.4, -0.2) is 23.8 Å². The van der Waals surface area contributed by atoms with Gasteiger partial charge >= 0.3 is 6.09 Å². The first-order valence-electron chi connectivity index (χ1n) is 8.36. The number of alkyl carbamates (subject to hydrolysis) is 1. The molecule has 2 unspecified atom stereocenters. The van der Waals surface area contributed by atoms with E-state index >= 15 is 0 Å². The first-order valence-corrected chi connectivity index (χ1v) is 8.36. The van der Waals surface area contributed by atoms with Crippen LogP contribution >= 0.6 is 0 Å². The molecule has 0 aromatic heterocycles. The third-order valence-corrected chi connectivity index (χ3v) is 6.17. The highest BCUT2D eigenvalue weighted by molar-refractivity contribution is 5.68. The van der Waals surface area contributed by atoms with Gasteiger partial charge in [-0.2, -0.15) is 0 Å². The molecule has 5 aliphatic carbocycles. The number of nitrogens with one attached hydrogen (secondary N) is 1. The molecule has 1 amide bonds. The second-order valence-electron chi connectivity index (χ2n) is 7.86. The number of rotatable bonds is 2. The minimum Gasteiger partial charge on any atom is -0.445 e. The fourth-order valence-corrected chi connectivity index (χ4v) is 5.75. The van der Waals surface area contributed by atoms with Crippen LogP contribution in [0.15, 0.2) is 0 Å². The van der Waals surface area contributed by atoms with Crippen LogP contribution in [0.4, 0.5) is 4.79 Å². The average Bonchev–Trinajstić information content (AvgIpc) is 2.72. The fraction of sp³-hybridized carbons (Fsp3) is 0.938. The Balaban J connectivity index is 1.39. The Kier molecular flexibility index (Phi) is 2.99. The molecule has 5 aliphatic rings. The molecule has 4 nitrogen and oxygen atoms in total. The predicted octanol–water partition coefficient (Wildman–Crippen LogP) is 2.56. The zero-order valence-corrected chi connectivity index (χ0v) is 12.1. The SMILES string of the molecule is NC1CCCC1OC(=O)NC12CC3CC(CC(C3)C1)C2. The Morgan fingerprint density at radius 3 is 2.15 bits per heavy atom. The van der Waals surface area contributed by atoms with E-state index in [-0.39, 0.29) is 23.8 Å². The van der Waals surface area contributed by atoms with Crippen molar-refractivity contribution < 1.29 is 9.53 Å². The molecule has 5 rings (SSSR count). The third-order valence-electron chi connectivity index (χ3n) is 6.17. The van der Waals surface area contributed by atoms with Gasteiger partial charge in [-0.1, -0.05) is 0 Å². The van der Waals surface area contributed by atoms with Crippen molar-refractivity contribution in [1.29, 1.82) is 0 Å². The molecule has 4 heteroatoms. The second kappa shape index (κ2) is 4.62. The van der Waals surface area contributed by atoms with Gasteiger partial charge < -0.3 is 15.8 Å². The van der Waals surface area contributed by atoms with Gasteiger partial charge in [0.2, 0.25) is 0 Å². The molecule has 112 valence electrons. The predicted molar refractivity (Wildman–Crippen MR) is 76.1 cm³/mol. The van der Waals surface area contributed by atoms with Gasteiger partial charge in [0, 0.05) is 11.6 Å². The quantitative estimate of drug-likeness (QED) is 0.816. The summed E-state index contributed by atoms with van der Waals surface area (Å²) in [7, 11) is 0. The Bertz CT molecular complexity index is 374. The van der Waals surface area contributed by atoms with Crippen LogP contribution in [0.2, 0.25) is 0 Å². The van der Waals surface area contributed by atoms with E-state index in [1.165, 1.54) is 38.5 Å². The Morgan fingerprint density at radius 2 is 1.65 bits per heavy atom. The molecule has 4 bridgehead atoms. The highest BCUT2D eigenvalue weighted by Crippen LogP contribution is 2.55. The minimum absolute atomic E-state index is 0.0390. The van der Waals surface area contributed by atoms with Gasteiger partial charge in [0.05, 0.1) is 0 Å². The number of ether oxygens (including phenoxy) is 1. The zero-order valence-electron chi connectivity index (χ0n) is 12.1. The maximum atomic E-state index is 12.2. The van der Waals surface area contributed by atoms with Crippen molar-refractivity contribution in [3.8, 4) is 0 Å². The van der Waals surface area contributed by atoms with E-state index < -0.39 is 0 Å². The maximum Gasteiger partial charge on any atom is 0.407 e. The third kappa shape index (κ3) is 2.22. The lowest BCUT2D eigenvalue weighted by atomic mass is 9.53. The normalized spacial score (nSPS) is 49.4. The van der Waals surface area contributed by atoms with Gasteiger partial charge in [-0.3, -0.25) is 0 Å². The monoisotopic (exact) mass is 278 g/mol. The lowest BCUT2D eigenvalue weighted by Crippen LogP contribution is -2.60. The molecule has 5 fully saturated rings. The number of hydrogen-bond donors (Lipinski definition) is 2. The van der Waals surface area contributed by atoms with Crippen molar-refractivity contribution in [3.05, 3.63) is 0 Å². The Morgan fingerprint density at radius 1 is 1.05 bits per heavy atom. The molecule has 2 atom stereocenters. The molecule has 0 heterocycles. The van der Waals surface area contributed by atoms with Crippen molar-refractivity contribution in [2.24, 2.45) is 23.5 Å². The van der Waals surface area contributed by atoms with E-state index in [1.807, 2.05) is 0 Å². The van der Waals surface area contributed by atoms with Crippen molar-refractivity contribution in [1.82, 2.24) is 5.32 Å². The molecular weight excluding hydrogens is 252 g/mol. The minimum atomic E-state index is -0.214. The molecule has 20 heavy (non-hydrogen) atoms. The van der Waals surface area contributed by atoms with Gasteiger partial charge in [0.15, 0.2) is 0 Å². The highest BCUT2D eigenvalue weighted by atomic mass is 16.6. The van der Waals surface area contributed by atoms with E-state index in [4.69, 9.17) is 10.5 Å². The maximum absolute atomic E-state index is 12.2. The van der Waals surface area contributed by atoms with Crippen LogP contribution < -0.4 is 11.1 Å². The number of amides is 1. The van der Waals surface area contributed by atoms with Gasteiger partial charge in [0.1, 0.15) is 6.10 Å². The Labute approximate surface area is 120 Å². The van der Waals surface area contributed by atoms with Crippen LogP contribution in [0.3, 0.4) is 0 Å². The molecular formula is C16H26N2O2. The number of carbonyl (C=O) groups excluding carboxylic acids is 1. The standard InChI is InChI=1S/C16H26N2O2/c17-13-2-1-3-14(13)20-15(19)18-16-7-10-4-11(8-16)6-12(5-10)9-16/h10-14H,1-9,17H2,(H,18,19). The van der Waals surface area contributed by atoms with Crippen LogP contribution in [0, 0.1) is 17.8 Å². The summed E-state index contributed by atoms with van der Waals surface area (Å²) in [5.74, 6) is 2.53. The largest absolute Gasteiger partial charge is 0.445 e. The second-order valence-corrected chi connectivity index (χ2v) is 7.86. The van der Waals surface area contributed by atoms with E-state index in [1.54, 1.807) is 0 Å². The van der Waals surface area contributed by atoms with Crippen LogP contribution in [0.1, 0.15) is 57.8 Å². The molecule has 5 saturated carbocycles. The summed E-state index contributed by atoms with van der Waals surface area (Å²) < 4.78 is 5.59. The molecule has 0 aliphatic heterocycles. The van der Waals surface area contributed by atoms with E-state index in [0.29, 0.717) is 0 Å². The number of carbonyl (C=O) groups is 1. The number of hydrogen-bond acceptors (Lipinski definition) is 3. The summed E-state index contributed by atoms with van der Waals surface area (Å²) in [6, 6.07) is 0.0390. The van der Waals surface area contributed by atoms with Crippen LogP contribution in [-0.2, 0) is 4.74 Å². The summed E-state index contributed by atoms with van der Waals surface area (Å²) in [6.45, 7) is 0. The Hall–Kier alpha value is -0.770. The lowest BCUT2D eigenvalue weighted by molar-refractivity contribution is -0.0222. The number of nitrogens with two attached hydrogens (primary N) is 1. The van der Waals surface area contributed by atoms with E-state index in [2.05, 4.69) is 5.32 Å². The highest BCUT2D eigenvalue weighted by Gasteiger charge is 2.51. The van der Waals surface area contributed by atoms with Crippen molar-refractivity contribution in [2.45, 2.75) is 75.5 Å². The first kappa shape index (κ1) is 12.9. The molecule has 0 aromatic carbocycles. The summed E-state index contributed by atoms with van der Waals surface area (Å²) in [5, 5.41) is 3.26. The fourth-order valence-electron chi connectivity index (χ4n) is 5.75. The van der Waals surface area contributed by atoms with Gasteiger partial charge in [-0.05, 0) is 75.5 Å². The molecule has 0 saturated heterocycles. The molecule has 3 N–H and O–H groups in total. The summed E-state index contributed by atoms with van der Waals surface area (Å²) >= 11 is 0. The average molecular weight is 278 g/mol. The first-order chi connectivity index (χ1) is 9.62. The molecule has 0 spiro atoms.